The molecular weight excluding hydrogens is 424 g/mol. The molecule has 0 saturated carbocycles. The Hall–Kier alpha value is -2.71. The van der Waals surface area contributed by atoms with Crippen molar-refractivity contribution in [3.63, 3.8) is 0 Å². The summed E-state index contributed by atoms with van der Waals surface area (Å²) in [6.45, 7) is 0.879. The van der Waals surface area contributed by atoms with Crippen LogP contribution >= 0.6 is 23.4 Å². The predicted molar refractivity (Wildman–Crippen MR) is 118 cm³/mol. The van der Waals surface area contributed by atoms with Gasteiger partial charge in [-0.2, -0.15) is 0 Å². The van der Waals surface area contributed by atoms with E-state index in [2.05, 4.69) is 10.2 Å². The minimum Gasteiger partial charge on any atom is -0.496 e. The van der Waals surface area contributed by atoms with Gasteiger partial charge in [0.15, 0.2) is 11.0 Å². The minimum absolute atomic E-state index is 0.0125. The van der Waals surface area contributed by atoms with E-state index >= 15 is 0 Å². The Kier molecular flexibility index (Phi) is 7.59. The molecule has 0 aliphatic heterocycles. The summed E-state index contributed by atoms with van der Waals surface area (Å²) in [5.41, 5.74) is 0.852. The van der Waals surface area contributed by atoms with E-state index in [-0.39, 0.29) is 11.7 Å². The van der Waals surface area contributed by atoms with Gasteiger partial charge in [0.05, 0.1) is 25.0 Å². The molecule has 7 nitrogen and oxygen atoms in total. The lowest BCUT2D eigenvalue weighted by Crippen LogP contribution is -2.32. The van der Waals surface area contributed by atoms with E-state index in [1.165, 1.54) is 11.8 Å². The van der Waals surface area contributed by atoms with Crippen molar-refractivity contribution in [2.24, 2.45) is 7.05 Å². The van der Waals surface area contributed by atoms with Crippen molar-refractivity contribution in [2.45, 2.75) is 5.16 Å². The van der Waals surface area contributed by atoms with E-state index in [1.54, 1.807) is 43.3 Å². The molecule has 0 fully saturated rings. The molecule has 0 N–H and O–H groups in total. The largest absolute Gasteiger partial charge is 0.496 e. The van der Waals surface area contributed by atoms with Crippen molar-refractivity contribution < 1.29 is 14.3 Å². The number of hydrogen-bond donors (Lipinski definition) is 0. The maximum atomic E-state index is 12.4. The monoisotopic (exact) mass is 446 g/mol. The number of aromatic nitrogens is 3. The van der Waals surface area contributed by atoms with Crippen molar-refractivity contribution in [3.05, 3.63) is 53.6 Å². The zero-order valence-corrected chi connectivity index (χ0v) is 18.6. The first kappa shape index (κ1) is 22.0. The number of likely N-dealkylation sites (N-methyl/N-ethyl adjacent to an activating group) is 1. The van der Waals surface area contributed by atoms with Gasteiger partial charge in [0.25, 0.3) is 0 Å². The van der Waals surface area contributed by atoms with Crippen LogP contribution in [0.5, 0.6) is 11.5 Å². The third-order valence-corrected chi connectivity index (χ3v) is 5.70. The van der Waals surface area contributed by atoms with Crippen molar-refractivity contribution >= 4 is 29.3 Å². The number of ether oxygens (including phenoxy) is 2. The molecule has 0 aliphatic carbocycles. The number of hydrogen-bond acceptors (Lipinski definition) is 6. The molecule has 0 radical (unpaired) electrons. The van der Waals surface area contributed by atoms with Gasteiger partial charge in [0.2, 0.25) is 5.91 Å². The Morgan fingerprint density at radius 1 is 1.17 bits per heavy atom. The van der Waals surface area contributed by atoms with Crippen LogP contribution in [0.2, 0.25) is 5.02 Å². The highest BCUT2D eigenvalue weighted by Gasteiger charge is 2.17. The van der Waals surface area contributed by atoms with Gasteiger partial charge in [-0.25, -0.2) is 0 Å². The number of carbonyl (C=O) groups excluding carboxylic acids is 1. The fourth-order valence-corrected chi connectivity index (χ4v) is 3.67. The molecule has 0 unspecified atom stereocenters. The van der Waals surface area contributed by atoms with Crippen LogP contribution in [0.3, 0.4) is 0 Å². The molecule has 0 bridgehead atoms. The first-order valence-electron chi connectivity index (χ1n) is 9.27. The van der Waals surface area contributed by atoms with E-state index in [0.717, 1.165) is 17.1 Å². The lowest BCUT2D eigenvalue weighted by Gasteiger charge is -2.17. The maximum absolute atomic E-state index is 12.4. The van der Waals surface area contributed by atoms with Gasteiger partial charge in [-0.1, -0.05) is 35.5 Å². The molecule has 1 amide bonds. The Labute approximate surface area is 185 Å². The number of methoxy groups -OCH3 is 1. The summed E-state index contributed by atoms with van der Waals surface area (Å²) in [5, 5.41) is 9.81. The van der Waals surface area contributed by atoms with Crippen LogP contribution in [0.15, 0.2) is 53.7 Å². The van der Waals surface area contributed by atoms with Gasteiger partial charge in [-0.15, -0.1) is 10.2 Å². The van der Waals surface area contributed by atoms with Crippen LogP contribution in [0, 0.1) is 0 Å². The summed E-state index contributed by atoms with van der Waals surface area (Å²) in [6.07, 6.45) is 0. The Morgan fingerprint density at radius 3 is 2.63 bits per heavy atom. The molecule has 9 heteroatoms. The Morgan fingerprint density at radius 2 is 1.90 bits per heavy atom. The molecule has 0 saturated heterocycles. The van der Waals surface area contributed by atoms with Gasteiger partial charge in [0, 0.05) is 19.1 Å². The molecule has 3 rings (SSSR count). The third-order valence-electron chi connectivity index (χ3n) is 4.44. The fraction of sp³-hybridized carbons (Fsp3) is 0.286. The van der Waals surface area contributed by atoms with Crippen molar-refractivity contribution in [2.75, 3.05) is 33.1 Å². The summed E-state index contributed by atoms with van der Waals surface area (Å²) in [5.74, 6) is 2.38. The SMILES string of the molecule is COc1ccccc1-c1nnc(SCC(=O)N(C)CCOc2ccc(Cl)cc2)n1C. The normalized spacial score (nSPS) is 10.7. The Balaban J connectivity index is 1.52. The quantitative estimate of drug-likeness (QED) is 0.466. The van der Waals surface area contributed by atoms with Crippen molar-refractivity contribution in [3.8, 4) is 22.9 Å². The topological polar surface area (TPSA) is 69.5 Å². The number of amides is 1. The predicted octanol–water partition coefficient (Wildman–Crippen LogP) is 3.77. The van der Waals surface area contributed by atoms with Crippen molar-refractivity contribution in [1.82, 2.24) is 19.7 Å². The zero-order valence-electron chi connectivity index (χ0n) is 17.0. The van der Waals surface area contributed by atoms with E-state index in [0.29, 0.717) is 29.2 Å². The van der Waals surface area contributed by atoms with E-state index in [4.69, 9.17) is 21.1 Å². The number of para-hydroxylation sites is 1. The molecule has 2 aromatic carbocycles. The lowest BCUT2D eigenvalue weighted by atomic mass is 10.2. The van der Waals surface area contributed by atoms with Crippen molar-refractivity contribution in [1.29, 1.82) is 0 Å². The van der Waals surface area contributed by atoms with Gasteiger partial charge in [-0.3, -0.25) is 4.79 Å². The molecule has 0 aliphatic rings. The molecule has 30 heavy (non-hydrogen) atoms. The number of rotatable bonds is 9. The molecule has 1 aromatic heterocycles. The first-order chi connectivity index (χ1) is 14.5. The first-order valence-corrected chi connectivity index (χ1v) is 10.6. The number of nitrogens with zero attached hydrogens (tertiary/aromatic N) is 4. The standard InChI is InChI=1S/C21H23ClN4O3S/c1-25(12-13-29-16-10-8-15(22)9-11-16)19(27)14-30-21-24-23-20(26(21)2)17-6-4-5-7-18(17)28-3/h4-11H,12-14H2,1-3H3. The van der Waals surface area contributed by atoms with Crippen LogP contribution in [0.1, 0.15) is 0 Å². The Bertz CT molecular complexity index is 994. The second-order valence-electron chi connectivity index (χ2n) is 6.47. The summed E-state index contributed by atoms with van der Waals surface area (Å²) >= 11 is 7.20. The summed E-state index contributed by atoms with van der Waals surface area (Å²) in [7, 11) is 5.25. The third kappa shape index (κ3) is 5.46. The number of benzene rings is 2. The smallest absolute Gasteiger partial charge is 0.232 e. The molecule has 158 valence electrons. The molecule has 1 heterocycles. The summed E-state index contributed by atoms with van der Waals surface area (Å²) in [6, 6.07) is 14.8. The van der Waals surface area contributed by atoms with Gasteiger partial charge < -0.3 is 18.9 Å². The summed E-state index contributed by atoms with van der Waals surface area (Å²) in [4.78, 5) is 14.1. The van der Waals surface area contributed by atoms with Gasteiger partial charge in [0.1, 0.15) is 18.1 Å². The maximum Gasteiger partial charge on any atom is 0.232 e. The number of halogens is 1. The fourth-order valence-electron chi connectivity index (χ4n) is 2.70. The minimum atomic E-state index is -0.0125. The highest BCUT2D eigenvalue weighted by atomic mass is 35.5. The van der Waals surface area contributed by atoms with Gasteiger partial charge in [-0.05, 0) is 36.4 Å². The average molecular weight is 447 g/mol. The van der Waals surface area contributed by atoms with E-state index < -0.39 is 0 Å². The van der Waals surface area contributed by atoms with Gasteiger partial charge >= 0.3 is 0 Å². The van der Waals surface area contributed by atoms with E-state index in [9.17, 15) is 4.79 Å². The highest BCUT2D eigenvalue weighted by molar-refractivity contribution is 7.99. The molecular formula is C21H23ClN4O3S. The molecule has 0 atom stereocenters. The van der Waals surface area contributed by atoms with E-state index in [1.807, 2.05) is 35.9 Å². The summed E-state index contributed by atoms with van der Waals surface area (Å²) < 4.78 is 12.9. The number of thioether (sulfide) groups is 1. The molecule has 0 spiro atoms. The lowest BCUT2D eigenvalue weighted by molar-refractivity contribution is -0.127. The van der Waals surface area contributed by atoms with Crippen LogP contribution < -0.4 is 9.47 Å². The molecule has 3 aromatic rings. The van der Waals surface area contributed by atoms with Crippen LogP contribution in [0.4, 0.5) is 0 Å². The average Bonchev–Trinajstić information content (AvgIpc) is 3.13. The van der Waals surface area contributed by atoms with Crippen LogP contribution in [0.25, 0.3) is 11.4 Å². The van der Waals surface area contributed by atoms with Crippen LogP contribution in [-0.2, 0) is 11.8 Å². The second-order valence-corrected chi connectivity index (χ2v) is 7.85. The highest BCUT2D eigenvalue weighted by Crippen LogP contribution is 2.30. The zero-order chi connectivity index (χ0) is 21.5. The number of carbonyl (C=O) groups is 1. The second kappa shape index (κ2) is 10.4. The van der Waals surface area contributed by atoms with Crippen LogP contribution in [-0.4, -0.2) is 58.6 Å².